The van der Waals surface area contributed by atoms with Crippen LogP contribution in [-0.2, 0) is 18.7 Å². The minimum Gasteiger partial charge on any atom is -0.368 e. The van der Waals surface area contributed by atoms with Crippen molar-refractivity contribution in [2.45, 2.75) is 25.6 Å². The average molecular weight is 437 g/mol. The first-order valence-electron chi connectivity index (χ1n) is 10.1. The molecular formula is C18H17F3N8S. The molecule has 0 aliphatic heterocycles. The third kappa shape index (κ3) is 3.77. The molecule has 0 aliphatic rings. The molecule has 3 N–H and O–H groups in total. The van der Waals surface area contributed by atoms with Gasteiger partial charge in [0.1, 0.15) is 5.01 Å². The number of nitrogens with two attached hydrogens (primary N) is 1. The maximum Gasteiger partial charge on any atom is 0.434 e. The lowest BCUT2D eigenvalue weighted by Gasteiger charge is -2.24. The number of hydrogen-bond donors (Lipinski definition) is 2. The van der Waals surface area contributed by atoms with Gasteiger partial charge in [-0.15, -0.1) is 11.3 Å². The van der Waals surface area contributed by atoms with E-state index in [2.05, 4.69) is 30.4 Å². The normalized spacial score (nSPS) is 14.4. The zero-order chi connectivity index (χ0) is 24.2. The Morgan fingerprint density at radius 1 is 1.17 bits per heavy atom. The number of halogens is 3. The summed E-state index contributed by atoms with van der Waals surface area (Å²) in [6, 6.07) is 4.91. The molecule has 0 saturated carbocycles. The van der Waals surface area contributed by atoms with E-state index in [1.165, 1.54) is 6.20 Å². The van der Waals surface area contributed by atoms with Crippen molar-refractivity contribution in [3.63, 3.8) is 0 Å². The molecule has 0 unspecified atom stereocenters. The summed E-state index contributed by atoms with van der Waals surface area (Å²) in [7, 11) is 0. The van der Waals surface area contributed by atoms with E-state index < -0.39 is 24.4 Å². The Bertz CT molecular complexity index is 1330. The lowest BCUT2D eigenvalue weighted by atomic mass is 10.1. The molecule has 0 aliphatic carbocycles. The quantitative estimate of drug-likeness (QED) is 0.500. The van der Waals surface area contributed by atoms with Crippen molar-refractivity contribution in [2.75, 3.05) is 11.1 Å². The van der Waals surface area contributed by atoms with Gasteiger partial charge in [-0.2, -0.15) is 33.2 Å². The summed E-state index contributed by atoms with van der Waals surface area (Å²) in [5, 5.41) is 8.60. The van der Waals surface area contributed by atoms with Crippen molar-refractivity contribution in [1.29, 1.82) is 0 Å². The van der Waals surface area contributed by atoms with Crippen LogP contribution in [0.4, 0.5) is 25.1 Å². The van der Waals surface area contributed by atoms with Crippen LogP contribution in [0.1, 0.15) is 28.7 Å². The molecular weight excluding hydrogens is 417 g/mol. The average Bonchev–Trinajstić information content (AvgIpc) is 3.34. The number of benzene rings is 1. The SMILES string of the molecule is [2H]C([2H])([2H])n1ncc2ccc(-c3nc(N)nc(NC(C)(C)c4nc(C(F)(F)F)cs4)n3)cc21. The summed E-state index contributed by atoms with van der Waals surface area (Å²) in [6.45, 7) is 0.789. The molecule has 1 aromatic carbocycles. The molecule has 3 heterocycles. The summed E-state index contributed by atoms with van der Waals surface area (Å²) in [5.41, 5.74) is 4.61. The van der Waals surface area contributed by atoms with E-state index in [0.717, 1.165) is 21.4 Å². The van der Waals surface area contributed by atoms with Crippen molar-refractivity contribution in [2.24, 2.45) is 6.98 Å². The smallest absolute Gasteiger partial charge is 0.368 e. The molecule has 30 heavy (non-hydrogen) atoms. The first kappa shape index (κ1) is 16.5. The van der Waals surface area contributed by atoms with E-state index in [4.69, 9.17) is 9.85 Å². The first-order valence-corrected chi connectivity index (χ1v) is 9.43. The zero-order valence-electron chi connectivity index (χ0n) is 18.7. The molecule has 0 spiro atoms. The summed E-state index contributed by atoms with van der Waals surface area (Å²) in [4.78, 5) is 16.1. The molecule has 12 heteroatoms. The number of fused-ring (bicyclic) bond motifs is 1. The van der Waals surface area contributed by atoms with Crippen LogP contribution >= 0.6 is 11.3 Å². The van der Waals surface area contributed by atoms with E-state index in [-0.39, 0.29) is 22.7 Å². The lowest BCUT2D eigenvalue weighted by molar-refractivity contribution is -0.140. The highest BCUT2D eigenvalue weighted by Gasteiger charge is 2.36. The van der Waals surface area contributed by atoms with Gasteiger partial charge < -0.3 is 11.1 Å². The Labute approximate surface area is 177 Å². The molecule has 8 nitrogen and oxygen atoms in total. The second-order valence-corrected chi connectivity index (χ2v) is 7.81. The maximum atomic E-state index is 12.9. The van der Waals surface area contributed by atoms with E-state index in [9.17, 15) is 13.2 Å². The van der Waals surface area contributed by atoms with Gasteiger partial charge in [0, 0.05) is 27.4 Å². The molecule has 0 radical (unpaired) electrons. The molecule has 3 aromatic heterocycles. The van der Waals surface area contributed by atoms with Crippen molar-refractivity contribution < 1.29 is 17.3 Å². The summed E-state index contributed by atoms with van der Waals surface area (Å²) < 4.78 is 62.6. The monoisotopic (exact) mass is 437 g/mol. The van der Waals surface area contributed by atoms with Gasteiger partial charge in [-0.05, 0) is 19.9 Å². The number of alkyl halides is 3. The summed E-state index contributed by atoms with van der Waals surface area (Å²) in [6.07, 6.45) is -3.11. The molecule has 0 amide bonds. The van der Waals surface area contributed by atoms with Gasteiger partial charge in [-0.25, -0.2) is 4.98 Å². The molecule has 4 aromatic rings. The number of anilines is 2. The van der Waals surface area contributed by atoms with Crippen LogP contribution in [0.25, 0.3) is 22.3 Å². The van der Waals surface area contributed by atoms with Gasteiger partial charge in [-0.1, -0.05) is 12.1 Å². The number of nitrogens with zero attached hydrogens (tertiary/aromatic N) is 6. The van der Waals surface area contributed by atoms with Crippen LogP contribution in [0.3, 0.4) is 0 Å². The molecule has 0 fully saturated rings. The number of aryl methyl sites for hydroxylation is 1. The summed E-state index contributed by atoms with van der Waals surface area (Å²) >= 11 is 0.855. The lowest BCUT2D eigenvalue weighted by Crippen LogP contribution is -2.29. The molecule has 0 atom stereocenters. The predicted molar refractivity (Wildman–Crippen MR) is 108 cm³/mol. The zero-order valence-corrected chi connectivity index (χ0v) is 16.5. The topological polar surface area (TPSA) is 107 Å². The Morgan fingerprint density at radius 3 is 2.67 bits per heavy atom. The third-order valence-electron chi connectivity index (χ3n) is 4.24. The minimum atomic E-state index is -4.55. The highest BCUT2D eigenvalue weighted by Crippen LogP contribution is 2.34. The van der Waals surface area contributed by atoms with Gasteiger partial charge in [0.05, 0.1) is 17.3 Å². The summed E-state index contributed by atoms with van der Waals surface area (Å²) in [5.74, 6) is 0.0460. The van der Waals surface area contributed by atoms with Crippen LogP contribution in [0.15, 0.2) is 29.8 Å². The van der Waals surface area contributed by atoms with Gasteiger partial charge >= 0.3 is 6.18 Å². The highest BCUT2D eigenvalue weighted by molar-refractivity contribution is 7.09. The second kappa shape index (κ2) is 6.90. The first-order chi connectivity index (χ1) is 15.2. The fourth-order valence-electron chi connectivity index (χ4n) is 2.76. The van der Waals surface area contributed by atoms with Gasteiger partial charge in [0.25, 0.3) is 0 Å². The van der Waals surface area contributed by atoms with Crippen LogP contribution in [0, 0.1) is 0 Å². The number of thiazole rings is 1. The molecule has 0 bridgehead atoms. The van der Waals surface area contributed by atoms with Crippen molar-refractivity contribution in [3.8, 4) is 11.4 Å². The Morgan fingerprint density at radius 2 is 1.97 bits per heavy atom. The van der Waals surface area contributed by atoms with E-state index >= 15 is 0 Å². The number of nitrogens with one attached hydrogen (secondary N) is 1. The third-order valence-corrected chi connectivity index (χ3v) is 5.40. The van der Waals surface area contributed by atoms with Crippen LogP contribution in [0.2, 0.25) is 0 Å². The van der Waals surface area contributed by atoms with E-state index in [1.807, 2.05) is 0 Å². The van der Waals surface area contributed by atoms with Crippen molar-refractivity contribution >= 4 is 34.1 Å². The number of nitrogen functional groups attached to an aromatic ring is 1. The highest BCUT2D eigenvalue weighted by atomic mass is 32.1. The van der Waals surface area contributed by atoms with E-state index in [1.54, 1.807) is 32.0 Å². The second-order valence-electron chi connectivity index (χ2n) is 6.96. The van der Waals surface area contributed by atoms with Crippen LogP contribution in [0.5, 0.6) is 0 Å². The largest absolute Gasteiger partial charge is 0.434 e. The molecule has 4 rings (SSSR count). The van der Waals surface area contributed by atoms with Gasteiger partial charge in [0.2, 0.25) is 11.9 Å². The minimum absolute atomic E-state index is 0.0238. The number of hydrogen-bond acceptors (Lipinski definition) is 8. The molecule has 156 valence electrons. The Kier molecular flexibility index (Phi) is 3.80. The van der Waals surface area contributed by atoms with E-state index in [0.29, 0.717) is 16.5 Å². The van der Waals surface area contributed by atoms with Crippen molar-refractivity contribution in [1.82, 2.24) is 29.7 Å². The predicted octanol–water partition coefficient (Wildman–Crippen LogP) is 3.83. The number of aromatic nitrogens is 6. The van der Waals surface area contributed by atoms with Crippen LogP contribution < -0.4 is 11.1 Å². The van der Waals surface area contributed by atoms with Gasteiger partial charge in [0.15, 0.2) is 11.5 Å². The fourth-order valence-corrected chi connectivity index (χ4v) is 3.67. The van der Waals surface area contributed by atoms with Gasteiger partial charge in [-0.3, -0.25) is 4.68 Å². The number of rotatable bonds is 4. The Hall–Kier alpha value is -3.28. The van der Waals surface area contributed by atoms with Crippen LogP contribution in [-0.4, -0.2) is 29.7 Å². The maximum absolute atomic E-state index is 12.9. The standard InChI is InChI=1S/C18H17F3N8S/c1-17(2,14-24-12(8-30-14)18(19,20)21)28-16-26-13(25-15(22)27-16)9-4-5-10-7-23-29(3)11(10)6-9/h4-8H,1-3H3,(H3,22,25,26,27,28)/i3D3. The van der Waals surface area contributed by atoms with Crippen molar-refractivity contribution in [3.05, 3.63) is 40.5 Å². The fraction of sp³-hybridized carbons (Fsp3) is 0.278. The Balaban J connectivity index is 1.69. The molecule has 0 saturated heterocycles.